The maximum Gasteiger partial charge on any atom is 0.251 e. The summed E-state index contributed by atoms with van der Waals surface area (Å²) in [6.07, 6.45) is 1.73. The molecule has 3 rings (SSSR count). The molecule has 0 saturated carbocycles. The summed E-state index contributed by atoms with van der Waals surface area (Å²) >= 11 is 1.28. The SMILES string of the molecule is C=CCn1c(SCC(=O)Nc2ccc(C(C)C)cc2)nnc1[C@@H](C)NC(=O)c1ccc(OC)cc1. The third kappa shape index (κ3) is 6.95. The number of ether oxygens (including phenoxy) is 1. The first kappa shape index (κ1) is 26.0. The molecular weight excluding hydrogens is 462 g/mol. The summed E-state index contributed by atoms with van der Waals surface area (Å²) in [5.41, 5.74) is 2.49. The van der Waals surface area contributed by atoms with Crippen LogP contribution in [0.1, 0.15) is 54.5 Å². The van der Waals surface area contributed by atoms with Gasteiger partial charge >= 0.3 is 0 Å². The van der Waals surface area contributed by atoms with E-state index in [2.05, 4.69) is 41.3 Å². The van der Waals surface area contributed by atoms with E-state index in [1.54, 1.807) is 37.5 Å². The van der Waals surface area contributed by atoms with Crippen LogP contribution in [-0.2, 0) is 11.3 Å². The Labute approximate surface area is 210 Å². The van der Waals surface area contributed by atoms with Crippen molar-refractivity contribution in [3.05, 3.63) is 78.1 Å². The Morgan fingerprint density at radius 2 is 1.77 bits per heavy atom. The number of aromatic nitrogens is 3. The number of nitrogens with one attached hydrogen (secondary N) is 2. The summed E-state index contributed by atoms with van der Waals surface area (Å²) in [6.45, 7) is 10.4. The third-order valence-corrected chi connectivity index (χ3v) is 6.30. The summed E-state index contributed by atoms with van der Waals surface area (Å²) in [5.74, 6) is 1.50. The molecule has 2 amide bonds. The smallest absolute Gasteiger partial charge is 0.251 e. The molecule has 9 heteroatoms. The van der Waals surface area contributed by atoms with Gasteiger partial charge in [-0.15, -0.1) is 16.8 Å². The van der Waals surface area contributed by atoms with Crippen LogP contribution in [0.2, 0.25) is 0 Å². The number of anilines is 1. The Morgan fingerprint density at radius 3 is 2.37 bits per heavy atom. The average molecular weight is 494 g/mol. The lowest BCUT2D eigenvalue weighted by atomic mass is 10.0. The number of allylic oxidation sites excluding steroid dienone is 1. The van der Waals surface area contributed by atoms with Gasteiger partial charge in [0, 0.05) is 17.8 Å². The molecule has 0 radical (unpaired) electrons. The van der Waals surface area contributed by atoms with Gasteiger partial charge in [-0.1, -0.05) is 43.8 Å². The first-order valence-electron chi connectivity index (χ1n) is 11.3. The van der Waals surface area contributed by atoms with Crippen molar-refractivity contribution in [3.63, 3.8) is 0 Å². The molecule has 3 aromatic rings. The minimum Gasteiger partial charge on any atom is -0.497 e. The molecule has 35 heavy (non-hydrogen) atoms. The van der Waals surface area contributed by atoms with Crippen molar-refractivity contribution in [1.82, 2.24) is 20.1 Å². The highest BCUT2D eigenvalue weighted by Crippen LogP contribution is 2.22. The molecule has 2 N–H and O–H groups in total. The highest BCUT2D eigenvalue weighted by Gasteiger charge is 2.20. The van der Waals surface area contributed by atoms with Crippen molar-refractivity contribution in [1.29, 1.82) is 0 Å². The van der Waals surface area contributed by atoms with Crippen molar-refractivity contribution >= 4 is 29.3 Å². The maximum absolute atomic E-state index is 12.7. The zero-order valence-corrected chi connectivity index (χ0v) is 21.3. The van der Waals surface area contributed by atoms with Crippen LogP contribution in [0.5, 0.6) is 5.75 Å². The lowest BCUT2D eigenvalue weighted by Crippen LogP contribution is -2.28. The Balaban J connectivity index is 1.63. The second kappa shape index (κ2) is 12.2. The van der Waals surface area contributed by atoms with Crippen molar-refractivity contribution in [2.45, 2.75) is 44.4 Å². The van der Waals surface area contributed by atoms with Crippen LogP contribution in [0.3, 0.4) is 0 Å². The Morgan fingerprint density at radius 1 is 1.09 bits per heavy atom. The van der Waals surface area contributed by atoms with Gasteiger partial charge < -0.3 is 19.9 Å². The van der Waals surface area contributed by atoms with E-state index in [0.29, 0.717) is 34.8 Å². The summed E-state index contributed by atoms with van der Waals surface area (Å²) in [4.78, 5) is 25.2. The number of methoxy groups -OCH3 is 1. The Kier molecular flexibility index (Phi) is 9.08. The summed E-state index contributed by atoms with van der Waals surface area (Å²) in [6, 6.07) is 14.3. The van der Waals surface area contributed by atoms with E-state index in [9.17, 15) is 9.59 Å². The molecule has 0 fully saturated rings. The van der Waals surface area contributed by atoms with Gasteiger partial charge in [-0.05, 0) is 54.8 Å². The standard InChI is InChI=1S/C26H31N5O3S/c1-6-15-31-24(18(4)27-25(33)20-9-13-22(34-5)14-10-20)29-30-26(31)35-16-23(32)28-21-11-7-19(8-12-21)17(2)3/h6-14,17-18H,1,15-16H2,2-5H3,(H,27,33)(H,28,32)/t18-/m1/s1. The maximum atomic E-state index is 12.7. The summed E-state index contributed by atoms with van der Waals surface area (Å²) in [5, 5.41) is 15.0. The van der Waals surface area contributed by atoms with Crippen LogP contribution in [0.4, 0.5) is 5.69 Å². The normalized spacial score (nSPS) is 11.7. The van der Waals surface area contributed by atoms with Crippen molar-refractivity contribution in [3.8, 4) is 5.75 Å². The minimum absolute atomic E-state index is 0.136. The molecule has 0 spiro atoms. The number of rotatable bonds is 11. The number of carbonyl (C=O) groups excluding carboxylic acids is 2. The zero-order chi connectivity index (χ0) is 25.4. The minimum atomic E-state index is -0.403. The van der Waals surface area contributed by atoms with E-state index in [0.717, 1.165) is 5.69 Å². The van der Waals surface area contributed by atoms with Crippen molar-refractivity contribution in [2.24, 2.45) is 0 Å². The Bertz CT molecular complexity index is 1160. The molecule has 1 aromatic heterocycles. The average Bonchev–Trinajstić information content (AvgIpc) is 3.26. The van der Waals surface area contributed by atoms with E-state index in [-0.39, 0.29) is 17.6 Å². The second-order valence-corrected chi connectivity index (χ2v) is 9.22. The van der Waals surface area contributed by atoms with Gasteiger partial charge in [0.25, 0.3) is 5.91 Å². The third-order valence-electron chi connectivity index (χ3n) is 5.34. The predicted octanol–water partition coefficient (Wildman–Crippen LogP) is 4.82. The van der Waals surface area contributed by atoms with Crippen molar-refractivity contribution in [2.75, 3.05) is 18.2 Å². The molecule has 0 aliphatic rings. The van der Waals surface area contributed by atoms with Crippen LogP contribution in [0.15, 0.2) is 66.3 Å². The van der Waals surface area contributed by atoms with Gasteiger partial charge in [0.1, 0.15) is 5.75 Å². The topological polar surface area (TPSA) is 98.1 Å². The number of thioether (sulfide) groups is 1. The van der Waals surface area contributed by atoms with E-state index >= 15 is 0 Å². The first-order chi connectivity index (χ1) is 16.8. The second-order valence-electron chi connectivity index (χ2n) is 8.28. The number of hydrogen-bond donors (Lipinski definition) is 2. The molecule has 8 nitrogen and oxygen atoms in total. The van der Waals surface area contributed by atoms with Crippen LogP contribution < -0.4 is 15.4 Å². The first-order valence-corrected chi connectivity index (χ1v) is 12.3. The highest BCUT2D eigenvalue weighted by molar-refractivity contribution is 7.99. The van der Waals surface area contributed by atoms with Gasteiger partial charge in [-0.3, -0.25) is 9.59 Å². The fraction of sp³-hybridized carbons (Fsp3) is 0.308. The summed E-state index contributed by atoms with van der Waals surface area (Å²) < 4.78 is 6.99. The molecule has 0 aliphatic carbocycles. The summed E-state index contributed by atoms with van der Waals surface area (Å²) in [7, 11) is 1.58. The van der Waals surface area contributed by atoms with E-state index in [1.165, 1.54) is 17.3 Å². The highest BCUT2D eigenvalue weighted by atomic mass is 32.2. The van der Waals surface area contributed by atoms with Crippen LogP contribution >= 0.6 is 11.8 Å². The molecule has 0 bridgehead atoms. The lowest BCUT2D eigenvalue weighted by molar-refractivity contribution is -0.113. The molecular formula is C26H31N5O3S. The fourth-order valence-corrected chi connectivity index (χ4v) is 4.15. The van der Waals surface area contributed by atoms with E-state index in [4.69, 9.17) is 4.74 Å². The van der Waals surface area contributed by atoms with Gasteiger partial charge in [-0.25, -0.2) is 0 Å². The van der Waals surface area contributed by atoms with Gasteiger partial charge in [0.15, 0.2) is 11.0 Å². The Hall–Kier alpha value is -3.59. The monoisotopic (exact) mass is 493 g/mol. The number of carbonyl (C=O) groups is 2. The number of hydrogen-bond acceptors (Lipinski definition) is 6. The molecule has 1 atom stereocenters. The molecule has 0 aliphatic heterocycles. The van der Waals surface area contributed by atoms with Gasteiger partial charge in [0.05, 0.1) is 18.9 Å². The van der Waals surface area contributed by atoms with E-state index < -0.39 is 6.04 Å². The molecule has 1 heterocycles. The lowest BCUT2D eigenvalue weighted by Gasteiger charge is -2.15. The quantitative estimate of drug-likeness (QED) is 0.294. The van der Waals surface area contributed by atoms with Crippen LogP contribution in [-0.4, -0.2) is 39.4 Å². The molecule has 0 saturated heterocycles. The largest absolute Gasteiger partial charge is 0.497 e. The zero-order valence-electron chi connectivity index (χ0n) is 20.4. The molecule has 184 valence electrons. The fourth-order valence-electron chi connectivity index (χ4n) is 3.39. The molecule has 2 aromatic carbocycles. The van der Waals surface area contributed by atoms with Gasteiger partial charge in [-0.2, -0.15) is 0 Å². The molecule has 0 unspecified atom stereocenters. The predicted molar refractivity (Wildman–Crippen MR) is 139 cm³/mol. The van der Waals surface area contributed by atoms with Gasteiger partial charge in [0.2, 0.25) is 5.91 Å². The van der Waals surface area contributed by atoms with Crippen LogP contribution in [0, 0.1) is 0 Å². The van der Waals surface area contributed by atoms with Crippen molar-refractivity contribution < 1.29 is 14.3 Å². The van der Waals surface area contributed by atoms with Crippen LogP contribution in [0.25, 0.3) is 0 Å². The van der Waals surface area contributed by atoms with E-state index in [1.807, 2.05) is 35.8 Å². The number of nitrogens with zero attached hydrogens (tertiary/aromatic N) is 3. The number of benzene rings is 2. The number of amides is 2.